The van der Waals surface area contributed by atoms with E-state index >= 15 is 0 Å². The van der Waals surface area contributed by atoms with Crippen LogP contribution >= 0.6 is 38.5 Å². The average molecular weight is 448 g/mol. The fourth-order valence-corrected chi connectivity index (χ4v) is 3.33. The topological polar surface area (TPSA) is 43.8 Å². The van der Waals surface area contributed by atoms with Gasteiger partial charge in [-0.2, -0.15) is 5.10 Å². The molecule has 0 amide bonds. The Morgan fingerprint density at radius 1 is 1.30 bits per heavy atom. The molecule has 1 aromatic carbocycles. The lowest BCUT2D eigenvalue weighted by molar-refractivity contribution is 0.584. The number of halogens is 2. The number of nitrogens with two attached hydrogens (primary N) is 1. The fraction of sp³-hybridized carbons (Fsp3) is 0.400. The molecule has 0 saturated heterocycles. The first-order chi connectivity index (χ1) is 9.56. The first-order valence-corrected chi connectivity index (χ1v) is 8.69. The Morgan fingerprint density at radius 3 is 2.50 bits per heavy atom. The van der Waals surface area contributed by atoms with E-state index in [1.165, 1.54) is 14.8 Å². The smallest absolute Gasteiger partial charge is 0.0766 e. The van der Waals surface area contributed by atoms with Crippen LogP contribution in [-0.2, 0) is 19.4 Å². The second-order valence-electron chi connectivity index (χ2n) is 4.74. The second-order valence-corrected chi connectivity index (χ2v) is 6.78. The van der Waals surface area contributed by atoms with Crippen molar-refractivity contribution < 1.29 is 0 Å². The summed E-state index contributed by atoms with van der Waals surface area (Å²) in [5.41, 5.74) is 9.82. The van der Waals surface area contributed by atoms with Crippen LogP contribution in [0.3, 0.4) is 0 Å². The van der Waals surface area contributed by atoms with Gasteiger partial charge < -0.3 is 5.73 Å². The zero-order chi connectivity index (χ0) is 14.7. The van der Waals surface area contributed by atoms with Gasteiger partial charge in [0.1, 0.15) is 0 Å². The third-order valence-corrected chi connectivity index (χ3v) is 5.04. The molecule has 2 aromatic rings. The minimum Gasteiger partial charge on any atom is -0.324 e. The lowest BCUT2D eigenvalue weighted by Gasteiger charge is -2.13. The van der Waals surface area contributed by atoms with Crippen LogP contribution in [0.4, 0.5) is 0 Å². The van der Waals surface area contributed by atoms with Gasteiger partial charge in [0.25, 0.3) is 0 Å². The van der Waals surface area contributed by atoms with E-state index in [-0.39, 0.29) is 6.04 Å². The highest BCUT2D eigenvalue weighted by atomic mass is 127. The maximum absolute atomic E-state index is 6.36. The monoisotopic (exact) mass is 447 g/mol. The number of nitrogens with zero attached hydrogens (tertiary/aromatic N) is 2. The quantitative estimate of drug-likeness (QED) is 0.702. The van der Waals surface area contributed by atoms with Crippen molar-refractivity contribution >= 4 is 38.5 Å². The summed E-state index contributed by atoms with van der Waals surface area (Å²) in [5, 5.41) is 4.62. The van der Waals surface area contributed by atoms with Crippen LogP contribution in [-0.4, -0.2) is 9.78 Å². The zero-order valence-electron chi connectivity index (χ0n) is 11.7. The molecule has 1 atom stereocenters. The van der Waals surface area contributed by atoms with Crippen LogP contribution in [0.5, 0.6) is 0 Å². The Labute approximate surface area is 142 Å². The lowest BCUT2D eigenvalue weighted by Crippen LogP contribution is -2.16. The van der Waals surface area contributed by atoms with Gasteiger partial charge in [0, 0.05) is 22.6 Å². The number of rotatable bonds is 5. The summed E-state index contributed by atoms with van der Waals surface area (Å²) < 4.78 is 4.39. The molecule has 0 fully saturated rings. The predicted octanol–water partition coefficient (Wildman–Crippen LogP) is 4.08. The normalized spacial score (nSPS) is 12.7. The molecule has 1 unspecified atom stereocenters. The summed E-state index contributed by atoms with van der Waals surface area (Å²) >= 11 is 5.98. The van der Waals surface area contributed by atoms with Gasteiger partial charge in [-0.05, 0) is 69.6 Å². The number of hydrogen-bond acceptors (Lipinski definition) is 2. The Balaban J connectivity index is 2.25. The fourth-order valence-electron chi connectivity index (χ4n) is 2.25. The molecule has 0 aliphatic heterocycles. The molecule has 0 spiro atoms. The zero-order valence-corrected chi connectivity index (χ0v) is 15.5. The molecular weight excluding hydrogens is 429 g/mol. The number of hydrogen-bond donors (Lipinski definition) is 1. The van der Waals surface area contributed by atoms with Gasteiger partial charge in [-0.1, -0.05) is 19.1 Å². The van der Waals surface area contributed by atoms with E-state index in [1.807, 2.05) is 0 Å². The predicted molar refractivity (Wildman–Crippen MR) is 94.8 cm³/mol. The molecule has 0 bridgehead atoms. The Kier molecular flexibility index (Phi) is 5.63. The highest BCUT2D eigenvalue weighted by molar-refractivity contribution is 14.1. The maximum atomic E-state index is 6.36. The van der Waals surface area contributed by atoms with Crippen molar-refractivity contribution in [3.8, 4) is 0 Å². The van der Waals surface area contributed by atoms with E-state index in [1.54, 1.807) is 0 Å². The van der Waals surface area contributed by atoms with Gasteiger partial charge >= 0.3 is 0 Å². The van der Waals surface area contributed by atoms with Crippen molar-refractivity contribution in [2.24, 2.45) is 5.73 Å². The summed E-state index contributed by atoms with van der Waals surface area (Å²) in [7, 11) is 0. The van der Waals surface area contributed by atoms with Crippen LogP contribution in [0.25, 0.3) is 0 Å². The van der Waals surface area contributed by atoms with Gasteiger partial charge in [-0.25, -0.2) is 0 Å². The Hall–Kier alpha value is -0.400. The van der Waals surface area contributed by atoms with Crippen LogP contribution in [0.15, 0.2) is 28.7 Å². The largest absolute Gasteiger partial charge is 0.324 e. The highest BCUT2D eigenvalue weighted by Crippen LogP contribution is 2.26. The Morgan fingerprint density at radius 2 is 1.95 bits per heavy atom. The van der Waals surface area contributed by atoms with E-state index in [4.69, 9.17) is 5.73 Å². The summed E-state index contributed by atoms with van der Waals surface area (Å²) in [6.07, 6.45) is 1.72. The van der Waals surface area contributed by atoms with E-state index < -0.39 is 0 Å². The lowest BCUT2D eigenvalue weighted by atomic mass is 10.0. The van der Waals surface area contributed by atoms with Crippen molar-refractivity contribution in [3.05, 3.63) is 49.3 Å². The third kappa shape index (κ3) is 3.43. The summed E-state index contributed by atoms with van der Waals surface area (Å²) in [4.78, 5) is 0. The first-order valence-electron chi connectivity index (χ1n) is 6.81. The van der Waals surface area contributed by atoms with Crippen LogP contribution in [0.1, 0.15) is 36.8 Å². The average Bonchev–Trinajstić information content (AvgIpc) is 2.76. The number of aryl methyl sites for hydroxylation is 2. The van der Waals surface area contributed by atoms with Crippen molar-refractivity contribution in [1.29, 1.82) is 0 Å². The van der Waals surface area contributed by atoms with E-state index in [9.17, 15) is 0 Å². The molecule has 1 aromatic heterocycles. The van der Waals surface area contributed by atoms with E-state index in [0.717, 1.165) is 29.6 Å². The van der Waals surface area contributed by atoms with Gasteiger partial charge in [0.05, 0.1) is 15.9 Å². The number of benzene rings is 1. The molecule has 0 saturated carbocycles. The molecule has 0 aliphatic rings. The van der Waals surface area contributed by atoms with Crippen molar-refractivity contribution in [2.45, 2.75) is 39.3 Å². The SMILES string of the molecule is CCc1nn(CC)c(CC(N)c2ccc(I)cc2)c1Br. The molecule has 0 radical (unpaired) electrons. The molecule has 20 heavy (non-hydrogen) atoms. The molecule has 2 rings (SSSR count). The summed E-state index contributed by atoms with van der Waals surface area (Å²) in [6, 6.07) is 8.40. The van der Waals surface area contributed by atoms with Crippen molar-refractivity contribution in [3.63, 3.8) is 0 Å². The second kappa shape index (κ2) is 7.04. The van der Waals surface area contributed by atoms with Crippen molar-refractivity contribution in [2.75, 3.05) is 0 Å². The first kappa shape index (κ1) is 16.0. The van der Waals surface area contributed by atoms with E-state index in [2.05, 4.69) is 86.4 Å². The molecule has 0 aliphatic carbocycles. The van der Waals surface area contributed by atoms with E-state index in [0.29, 0.717) is 0 Å². The Bertz CT molecular complexity index is 578. The minimum absolute atomic E-state index is 0.00462. The molecule has 1 heterocycles. The molecule has 108 valence electrons. The molecular formula is C15H19BrIN3. The van der Waals surface area contributed by atoms with Gasteiger partial charge in [-0.15, -0.1) is 0 Å². The summed E-state index contributed by atoms with van der Waals surface area (Å²) in [6.45, 7) is 5.10. The van der Waals surface area contributed by atoms with Gasteiger partial charge in [0.2, 0.25) is 0 Å². The molecule has 5 heteroatoms. The number of aromatic nitrogens is 2. The molecule has 3 nitrogen and oxygen atoms in total. The van der Waals surface area contributed by atoms with Gasteiger partial charge in [-0.3, -0.25) is 4.68 Å². The maximum Gasteiger partial charge on any atom is 0.0766 e. The van der Waals surface area contributed by atoms with Crippen LogP contribution in [0, 0.1) is 3.57 Å². The van der Waals surface area contributed by atoms with Crippen LogP contribution < -0.4 is 5.73 Å². The highest BCUT2D eigenvalue weighted by Gasteiger charge is 2.17. The minimum atomic E-state index is -0.00462. The third-order valence-electron chi connectivity index (χ3n) is 3.41. The van der Waals surface area contributed by atoms with Crippen LogP contribution in [0.2, 0.25) is 0 Å². The summed E-state index contributed by atoms with van der Waals surface area (Å²) in [5.74, 6) is 0. The molecule has 2 N–H and O–H groups in total. The van der Waals surface area contributed by atoms with Crippen molar-refractivity contribution in [1.82, 2.24) is 9.78 Å². The standard InChI is InChI=1S/C15H19BrIN3/c1-3-13-15(16)14(20(4-2)19-13)9-12(18)10-5-7-11(17)8-6-10/h5-8,12H,3-4,9,18H2,1-2H3. The van der Waals surface area contributed by atoms with Gasteiger partial charge in [0.15, 0.2) is 0 Å².